The number of furan rings is 1. The molecule has 2 aromatic rings. The lowest BCUT2D eigenvalue weighted by Gasteiger charge is -2.25. The van der Waals surface area contributed by atoms with Gasteiger partial charge in [-0.05, 0) is 36.4 Å². The van der Waals surface area contributed by atoms with Gasteiger partial charge < -0.3 is 19.2 Å². The van der Waals surface area contributed by atoms with Crippen LogP contribution in [0.15, 0.2) is 27.8 Å². The van der Waals surface area contributed by atoms with Gasteiger partial charge in [0.25, 0.3) is 0 Å². The molecule has 1 aliphatic heterocycles. The number of nitrogens with zero attached hydrogens (tertiary/aromatic N) is 4. The largest absolute Gasteiger partial charge is 0.464 e. The number of anilines is 1. The van der Waals surface area contributed by atoms with Crippen molar-refractivity contribution in [2.24, 2.45) is 0 Å². The fourth-order valence-corrected chi connectivity index (χ4v) is 2.44. The van der Waals surface area contributed by atoms with Gasteiger partial charge in [-0.2, -0.15) is 4.68 Å². The van der Waals surface area contributed by atoms with Crippen LogP contribution in [0, 0.1) is 6.92 Å². The highest BCUT2D eigenvalue weighted by Crippen LogP contribution is 2.35. The molecule has 1 aliphatic rings. The monoisotopic (exact) mass is 319 g/mol. The quantitative estimate of drug-likeness (QED) is 0.644. The number of aromatic nitrogens is 4. The molecule has 9 heteroatoms. The van der Waals surface area contributed by atoms with E-state index in [0.717, 1.165) is 5.76 Å². The van der Waals surface area contributed by atoms with Crippen molar-refractivity contribution in [2.45, 2.75) is 19.9 Å². The number of methoxy groups -OCH3 is 1. The van der Waals surface area contributed by atoms with E-state index in [1.807, 2.05) is 13.0 Å². The average Bonchev–Trinajstić information content (AvgIpc) is 3.14. The minimum atomic E-state index is -0.579. The summed E-state index contributed by atoms with van der Waals surface area (Å²) >= 11 is 0. The number of nitrogens with one attached hydrogen (secondary N) is 1. The Kier molecular flexibility index (Phi) is 4.11. The normalized spacial score (nSPS) is 16.9. The van der Waals surface area contributed by atoms with Crippen molar-refractivity contribution >= 4 is 11.9 Å². The summed E-state index contributed by atoms with van der Waals surface area (Å²) < 4.78 is 17.3. The first-order chi connectivity index (χ1) is 11.1. The third-order valence-corrected chi connectivity index (χ3v) is 3.49. The minimum Gasteiger partial charge on any atom is -0.464 e. The molecule has 1 unspecified atom stereocenters. The van der Waals surface area contributed by atoms with Gasteiger partial charge in [0.2, 0.25) is 5.95 Å². The van der Waals surface area contributed by atoms with Crippen LogP contribution < -0.4 is 5.32 Å². The Bertz CT molecular complexity index is 748. The highest BCUT2D eigenvalue weighted by Gasteiger charge is 2.36. The SMILES string of the molecule is COCCOC(=O)C1=C(C)Nc2nnnn2C1c1ccc(C)o1. The maximum Gasteiger partial charge on any atom is 0.338 e. The Morgan fingerprint density at radius 1 is 1.39 bits per heavy atom. The lowest BCUT2D eigenvalue weighted by atomic mass is 10.0. The Morgan fingerprint density at radius 2 is 2.22 bits per heavy atom. The molecule has 0 aliphatic carbocycles. The first kappa shape index (κ1) is 15.2. The predicted octanol–water partition coefficient (Wildman–Crippen LogP) is 1.05. The maximum atomic E-state index is 12.5. The van der Waals surface area contributed by atoms with E-state index in [9.17, 15) is 4.79 Å². The molecule has 0 saturated heterocycles. The summed E-state index contributed by atoms with van der Waals surface area (Å²) in [7, 11) is 1.54. The van der Waals surface area contributed by atoms with E-state index in [-0.39, 0.29) is 6.61 Å². The van der Waals surface area contributed by atoms with E-state index >= 15 is 0 Å². The number of hydrogen-bond acceptors (Lipinski definition) is 8. The van der Waals surface area contributed by atoms with E-state index in [2.05, 4.69) is 20.8 Å². The van der Waals surface area contributed by atoms with Crippen LogP contribution in [0.5, 0.6) is 0 Å². The van der Waals surface area contributed by atoms with Gasteiger partial charge >= 0.3 is 5.97 Å². The highest BCUT2D eigenvalue weighted by atomic mass is 16.6. The lowest BCUT2D eigenvalue weighted by Crippen LogP contribution is -2.30. The summed E-state index contributed by atoms with van der Waals surface area (Å²) in [6.45, 7) is 4.09. The Hall–Kier alpha value is -2.68. The number of aryl methyl sites for hydroxylation is 1. The van der Waals surface area contributed by atoms with Crippen LogP contribution >= 0.6 is 0 Å². The van der Waals surface area contributed by atoms with Crippen LogP contribution in [0.25, 0.3) is 0 Å². The number of ether oxygens (including phenoxy) is 2. The molecule has 3 rings (SSSR count). The molecule has 0 radical (unpaired) electrons. The summed E-state index contributed by atoms with van der Waals surface area (Å²) in [6, 6.07) is 3.04. The molecule has 0 amide bonds. The molecule has 0 bridgehead atoms. The molecule has 1 N–H and O–H groups in total. The summed E-state index contributed by atoms with van der Waals surface area (Å²) in [6.07, 6.45) is 0. The summed E-state index contributed by atoms with van der Waals surface area (Å²) in [5.74, 6) is 1.27. The van der Waals surface area contributed by atoms with E-state index in [1.54, 1.807) is 20.1 Å². The highest BCUT2D eigenvalue weighted by molar-refractivity contribution is 5.92. The number of esters is 1. The number of hydrogen-bond donors (Lipinski definition) is 1. The fraction of sp³-hybridized carbons (Fsp3) is 0.429. The van der Waals surface area contributed by atoms with E-state index in [0.29, 0.717) is 29.6 Å². The minimum absolute atomic E-state index is 0.165. The number of rotatable bonds is 5. The van der Waals surface area contributed by atoms with Gasteiger partial charge in [-0.3, -0.25) is 0 Å². The van der Waals surface area contributed by atoms with Gasteiger partial charge in [0, 0.05) is 12.8 Å². The van der Waals surface area contributed by atoms with Crippen molar-refractivity contribution in [3.63, 3.8) is 0 Å². The van der Waals surface area contributed by atoms with Crippen LogP contribution in [-0.4, -0.2) is 46.5 Å². The van der Waals surface area contributed by atoms with Gasteiger partial charge in [0.05, 0.1) is 12.2 Å². The zero-order valence-electron chi connectivity index (χ0n) is 13.1. The van der Waals surface area contributed by atoms with Crippen molar-refractivity contribution < 1.29 is 18.7 Å². The van der Waals surface area contributed by atoms with Crippen molar-refractivity contribution in [1.82, 2.24) is 20.2 Å². The summed E-state index contributed by atoms with van der Waals surface area (Å²) in [5.41, 5.74) is 1.02. The second kappa shape index (κ2) is 6.21. The summed E-state index contributed by atoms with van der Waals surface area (Å²) in [5, 5.41) is 14.5. The Morgan fingerprint density at radius 3 is 2.91 bits per heavy atom. The molecule has 0 spiro atoms. The molecule has 0 aromatic carbocycles. The second-order valence-electron chi connectivity index (χ2n) is 5.09. The molecule has 23 heavy (non-hydrogen) atoms. The van der Waals surface area contributed by atoms with Gasteiger partial charge in [-0.15, -0.1) is 0 Å². The van der Waals surface area contributed by atoms with Crippen molar-refractivity contribution in [1.29, 1.82) is 0 Å². The molecule has 1 atom stereocenters. The zero-order valence-corrected chi connectivity index (χ0v) is 13.1. The van der Waals surface area contributed by atoms with Gasteiger partial charge in [-0.25, -0.2) is 4.79 Å². The number of fused-ring (bicyclic) bond motifs is 1. The molecule has 3 heterocycles. The van der Waals surface area contributed by atoms with Gasteiger partial charge in [0.15, 0.2) is 0 Å². The first-order valence-corrected chi connectivity index (χ1v) is 7.10. The van der Waals surface area contributed by atoms with Crippen LogP contribution in [0.3, 0.4) is 0 Å². The predicted molar refractivity (Wildman–Crippen MR) is 78.6 cm³/mol. The summed E-state index contributed by atoms with van der Waals surface area (Å²) in [4.78, 5) is 12.5. The van der Waals surface area contributed by atoms with Crippen LogP contribution in [0.2, 0.25) is 0 Å². The first-order valence-electron chi connectivity index (χ1n) is 7.10. The molecular weight excluding hydrogens is 302 g/mol. The number of tetrazole rings is 1. The van der Waals surface area contributed by atoms with E-state index in [4.69, 9.17) is 13.9 Å². The standard InChI is InChI=1S/C14H17N5O4/c1-8-4-5-10(23-8)12-11(13(20)22-7-6-21-3)9(2)15-14-16-17-18-19(12)14/h4-5,12H,6-7H2,1-3H3,(H,15,16,18). The maximum absolute atomic E-state index is 12.5. The lowest BCUT2D eigenvalue weighted by molar-refractivity contribution is -0.140. The molecule has 122 valence electrons. The molecule has 2 aromatic heterocycles. The van der Waals surface area contributed by atoms with Gasteiger partial charge in [0.1, 0.15) is 24.2 Å². The number of carbonyl (C=O) groups is 1. The fourth-order valence-electron chi connectivity index (χ4n) is 2.44. The smallest absolute Gasteiger partial charge is 0.338 e. The zero-order chi connectivity index (χ0) is 16.4. The molecular formula is C14H17N5O4. The van der Waals surface area contributed by atoms with Crippen molar-refractivity contribution in [2.75, 3.05) is 25.6 Å². The van der Waals surface area contributed by atoms with Crippen LogP contribution in [0.4, 0.5) is 5.95 Å². The van der Waals surface area contributed by atoms with Crippen LogP contribution in [-0.2, 0) is 14.3 Å². The van der Waals surface area contributed by atoms with Gasteiger partial charge in [-0.1, -0.05) is 5.10 Å². The van der Waals surface area contributed by atoms with E-state index in [1.165, 1.54) is 4.68 Å². The second-order valence-corrected chi connectivity index (χ2v) is 5.09. The number of carbonyl (C=O) groups excluding carboxylic acids is 1. The average molecular weight is 319 g/mol. The Labute approximate surface area is 132 Å². The molecule has 0 fully saturated rings. The van der Waals surface area contributed by atoms with Crippen molar-refractivity contribution in [3.8, 4) is 0 Å². The number of allylic oxidation sites excluding steroid dienone is 1. The third-order valence-electron chi connectivity index (χ3n) is 3.49. The van der Waals surface area contributed by atoms with Crippen LogP contribution in [0.1, 0.15) is 24.5 Å². The molecule has 0 saturated carbocycles. The van der Waals surface area contributed by atoms with Crippen molar-refractivity contribution in [3.05, 3.63) is 34.9 Å². The third kappa shape index (κ3) is 2.82. The Balaban J connectivity index is 1.98. The molecule has 9 nitrogen and oxygen atoms in total. The topological polar surface area (TPSA) is 104 Å². The van der Waals surface area contributed by atoms with E-state index < -0.39 is 12.0 Å².